The van der Waals surface area contributed by atoms with Crippen LogP contribution in [0.5, 0.6) is 0 Å². The average Bonchev–Trinajstić information content (AvgIpc) is 2.29. The van der Waals surface area contributed by atoms with Crippen LogP contribution in [-0.4, -0.2) is 53.6 Å². The molecule has 0 radical (unpaired) electrons. The largest absolute Gasteiger partial charge is 0.328 e. The van der Waals surface area contributed by atoms with Crippen LogP contribution in [0.1, 0.15) is 46.5 Å². The molecule has 100 valence electrons. The molecule has 2 unspecified atom stereocenters. The van der Waals surface area contributed by atoms with Crippen LogP contribution < -0.4 is 5.73 Å². The third kappa shape index (κ3) is 3.21. The first-order valence-corrected chi connectivity index (χ1v) is 7.33. The van der Waals surface area contributed by atoms with Gasteiger partial charge in [0, 0.05) is 30.7 Å². The van der Waals surface area contributed by atoms with Gasteiger partial charge in [-0.2, -0.15) is 0 Å². The molecule has 0 amide bonds. The van der Waals surface area contributed by atoms with E-state index in [4.69, 9.17) is 5.73 Å². The van der Waals surface area contributed by atoms with Crippen LogP contribution in [0.4, 0.5) is 0 Å². The molecule has 0 aromatic rings. The molecule has 3 heteroatoms. The molecular weight excluding hydrogens is 210 g/mol. The van der Waals surface area contributed by atoms with Crippen molar-refractivity contribution in [1.29, 1.82) is 0 Å². The highest BCUT2D eigenvalue weighted by atomic mass is 15.2. The van der Waals surface area contributed by atoms with Crippen molar-refractivity contribution in [3.05, 3.63) is 0 Å². The molecule has 0 saturated carbocycles. The molecule has 2 saturated heterocycles. The second-order valence-electron chi connectivity index (χ2n) is 6.23. The lowest BCUT2D eigenvalue weighted by Crippen LogP contribution is -2.54. The summed E-state index contributed by atoms with van der Waals surface area (Å²) in [4.78, 5) is 5.33. The molecule has 2 fully saturated rings. The first kappa shape index (κ1) is 13.3. The number of hydrogen-bond donors (Lipinski definition) is 1. The Balaban J connectivity index is 1.84. The second kappa shape index (κ2) is 5.68. The molecule has 0 aliphatic carbocycles. The van der Waals surface area contributed by atoms with Crippen molar-refractivity contribution < 1.29 is 0 Å². The van der Waals surface area contributed by atoms with Gasteiger partial charge in [-0.15, -0.1) is 0 Å². The van der Waals surface area contributed by atoms with E-state index in [1.807, 2.05) is 0 Å². The molecular formula is C14H29N3. The quantitative estimate of drug-likeness (QED) is 0.795. The van der Waals surface area contributed by atoms with E-state index in [2.05, 4.69) is 30.6 Å². The van der Waals surface area contributed by atoms with Gasteiger partial charge in [0.1, 0.15) is 0 Å². The van der Waals surface area contributed by atoms with Crippen molar-refractivity contribution in [3.8, 4) is 0 Å². The van der Waals surface area contributed by atoms with Gasteiger partial charge in [-0.1, -0.05) is 0 Å². The predicted octanol–water partition coefficient (Wildman–Crippen LogP) is 1.67. The average molecular weight is 239 g/mol. The molecule has 3 nitrogen and oxygen atoms in total. The molecule has 2 N–H and O–H groups in total. The minimum absolute atomic E-state index is 0.442. The number of piperidine rings is 2. The summed E-state index contributed by atoms with van der Waals surface area (Å²) in [5.41, 5.74) is 6.04. The molecule has 2 aliphatic rings. The van der Waals surface area contributed by atoms with Crippen molar-refractivity contribution in [3.63, 3.8) is 0 Å². The molecule has 2 heterocycles. The molecule has 17 heavy (non-hydrogen) atoms. The van der Waals surface area contributed by atoms with Gasteiger partial charge >= 0.3 is 0 Å². The Hall–Kier alpha value is -0.120. The zero-order chi connectivity index (χ0) is 12.4. The van der Waals surface area contributed by atoms with E-state index in [0.29, 0.717) is 18.1 Å². The van der Waals surface area contributed by atoms with Crippen molar-refractivity contribution in [1.82, 2.24) is 9.80 Å². The van der Waals surface area contributed by atoms with Crippen molar-refractivity contribution in [2.24, 2.45) is 5.73 Å². The maximum atomic E-state index is 6.04. The predicted molar refractivity (Wildman–Crippen MR) is 73.1 cm³/mol. The molecule has 2 rings (SSSR count). The zero-order valence-corrected chi connectivity index (χ0v) is 11.7. The number of nitrogens with two attached hydrogens (primary N) is 1. The van der Waals surface area contributed by atoms with E-state index in [1.165, 1.54) is 45.3 Å². The highest BCUT2D eigenvalue weighted by molar-refractivity contribution is 4.88. The monoisotopic (exact) mass is 239 g/mol. The van der Waals surface area contributed by atoms with E-state index in [1.54, 1.807) is 0 Å². The van der Waals surface area contributed by atoms with Gasteiger partial charge in [-0.3, -0.25) is 4.90 Å². The highest BCUT2D eigenvalue weighted by Crippen LogP contribution is 2.25. The number of likely N-dealkylation sites (tertiary alicyclic amines) is 2. The van der Waals surface area contributed by atoms with Crippen molar-refractivity contribution in [2.75, 3.05) is 19.6 Å². The Kier molecular flexibility index (Phi) is 4.45. The second-order valence-corrected chi connectivity index (χ2v) is 6.23. The lowest BCUT2D eigenvalue weighted by molar-refractivity contribution is 0.0444. The minimum atomic E-state index is 0.442. The van der Waals surface area contributed by atoms with Crippen LogP contribution in [0.2, 0.25) is 0 Å². The first-order chi connectivity index (χ1) is 8.08. The summed E-state index contributed by atoms with van der Waals surface area (Å²) in [5, 5.41) is 0. The van der Waals surface area contributed by atoms with Crippen LogP contribution in [0.15, 0.2) is 0 Å². The Morgan fingerprint density at radius 2 is 1.71 bits per heavy atom. The molecule has 0 aromatic carbocycles. The van der Waals surface area contributed by atoms with E-state index < -0.39 is 0 Å². The van der Waals surface area contributed by atoms with Gasteiger partial charge in [0.15, 0.2) is 0 Å². The Morgan fingerprint density at radius 3 is 2.24 bits per heavy atom. The Morgan fingerprint density at radius 1 is 1.06 bits per heavy atom. The summed E-state index contributed by atoms with van der Waals surface area (Å²) >= 11 is 0. The van der Waals surface area contributed by atoms with Gasteiger partial charge < -0.3 is 10.6 Å². The topological polar surface area (TPSA) is 32.5 Å². The van der Waals surface area contributed by atoms with E-state index in [0.717, 1.165) is 6.04 Å². The normalized spacial score (nSPS) is 34.4. The molecule has 2 aliphatic heterocycles. The number of nitrogens with zero attached hydrogens (tertiary/aromatic N) is 2. The van der Waals surface area contributed by atoms with Gasteiger partial charge in [0.2, 0.25) is 0 Å². The Bertz CT molecular complexity index is 234. The van der Waals surface area contributed by atoms with Crippen LogP contribution in [0.3, 0.4) is 0 Å². The van der Waals surface area contributed by atoms with E-state index >= 15 is 0 Å². The fourth-order valence-electron chi connectivity index (χ4n) is 3.50. The standard InChI is InChI=1S/C14H29N3/c1-11(2)16-7-5-14(6-8-16)17-9-4-13(15)10-12(17)3/h11-14H,4-10,15H2,1-3H3. The summed E-state index contributed by atoms with van der Waals surface area (Å²) in [7, 11) is 0. The maximum Gasteiger partial charge on any atom is 0.0122 e. The van der Waals surface area contributed by atoms with Crippen LogP contribution in [0, 0.1) is 0 Å². The Labute approximate surface area is 106 Å². The molecule has 0 bridgehead atoms. The third-order valence-corrected chi connectivity index (χ3v) is 4.67. The smallest absolute Gasteiger partial charge is 0.0122 e. The van der Waals surface area contributed by atoms with Crippen LogP contribution in [-0.2, 0) is 0 Å². The number of hydrogen-bond acceptors (Lipinski definition) is 3. The van der Waals surface area contributed by atoms with Gasteiger partial charge in [0.05, 0.1) is 0 Å². The molecule has 0 aromatic heterocycles. The third-order valence-electron chi connectivity index (χ3n) is 4.67. The lowest BCUT2D eigenvalue weighted by Gasteiger charge is -2.45. The summed E-state index contributed by atoms with van der Waals surface area (Å²) < 4.78 is 0. The van der Waals surface area contributed by atoms with E-state index in [-0.39, 0.29) is 0 Å². The van der Waals surface area contributed by atoms with Crippen LogP contribution >= 0.6 is 0 Å². The zero-order valence-electron chi connectivity index (χ0n) is 11.7. The minimum Gasteiger partial charge on any atom is -0.328 e. The fourth-order valence-corrected chi connectivity index (χ4v) is 3.50. The summed E-state index contributed by atoms with van der Waals surface area (Å²) in [6.45, 7) is 10.7. The maximum absolute atomic E-state index is 6.04. The number of rotatable bonds is 2. The van der Waals surface area contributed by atoms with Gasteiger partial charge in [0.25, 0.3) is 0 Å². The van der Waals surface area contributed by atoms with Crippen molar-refractivity contribution in [2.45, 2.75) is 70.6 Å². The van der Waals surface area contributed by atoms with Crippen LogP contribution in [0.25, 0.3) is 0 Å². The van der Waals surface area contributed by atoms with E-state index in [9.17, 15) is 0 Å². The fraction of sp³-hybridized carbons (Fsp3) is 1.00. The molecule has 2 atom stereocenters. The van der Waals surface area contributed by atoms with Crippen molar-refractivity contribution >= 4 is 0 Å². The summed E-state index contributed by atoms with van der Waals surface area (Å²) in [6.07, 6.45) is 5.06. The highest BCUT2D eigenvalue weighted by Gasteiger charge is 2.31. The van der Waals surface area contributed by atoms with Gasteiger partial charge in [-0.25, -0.2) is 0 Å². The summed E-state index contributed by atoms with van der Waals surface area (Å²) in [5.74, 6) is 0. The SMILES string of the molecule is CC(C)N1CCC(N2CCC(N)CC2C)CC1. The first-order valence-electron chi connectivity index (χ1n) is 7.33. The summed E-state index contributed by atoms with van der Waals surface area (Å²) in [6, 6.07) is 2.65. The lowest BCUT2D eigenvalue weighted by atomic mass is 9.93. The molecule has 0 spiro atoms. The van der Waals surface area contributed by atoms with Gasteiger partial charge in [-0.05, 0) is 59.5 Å².